The zero-order chi connectivity index (χ0) is 19.0. The van der Waals surface area contributed by atoms with Crippen LogP contribution in [0.15, 0.2) is 29.4 Å². The first-order valence-electron chi connectivity index (χ1n) is 8.68. The summed E-state index contributed by atoms with van der Waals surface area (Å²) in [6.45, 7) is 3.68. The number of aromatic nitrogens is 5. The lowest BCUT2D eigenvalue weighted by molar-refractivity contribution is -0.113. The van der Waals surface area contributed by atoms with Gasteiger partial charge in [0.25, 0.3) is 0 Å². The molecule has 0 unspecified atom stereocenters. The molecule has 1 amide bonds. The molecule has 1 aliphatic rings. The minimum Gasteiger partial charge on any atom is -0.322 e. The van der Waals surface area contributed by atoms with Gasteiger partial charge in [0.1, 0.15) is 5.82 Å². The van der Waals surface area contributed by atoms with E-state index in [4.69, 9.17) is 0 Å². The van der Waals surface area contributed by atoms with E-state index in [0.29, 0.717) is 22.2 Å². The number of rotatable bonds is 6. The van der Waals surface area contributed by atoms with Crippen molar-refractivity contribution < 1.29 is 9.18 Å². The molecular weight excluding hydrogens is 367 g/mol. The number of benzene rings is 1. The van der Waals surface area contributed by atoms with E-state index in [9.17, 15) is 9.18 Å². The second-order valence-corrected chi connectivity index (χ2v) is 7.48. The fraction of sp³-hybridized carbons (Fsp3) is 0.333. The molecule has 1 aliphatic carbocycles. The van der Waals surface area contributed by atoms with Gasteiger partial charge in [0.05, 0.1) is 28.4 Å². The number of carbonyl (C=O) groups excluding carboxylic acids is 1. The van der Waals surface area contributed by atoms with Crippen molar-refractivity contribution in [2.24, 2.45) is 0 Å². The van der Waals surface area contributed by atoms with Gasteiger partial charge < -0.3 is 5.32 Å². The van der Waals surface area contributed by atoms with Gasteiger partial charge in [-0.1, -0.05) is 23.9 Å². The number of aryl methyl sites for hydroxylation is 2. The highest BCUT2D eigenvalue weighted by molar-refractivity contribution is 7.99. The number of nitrogens with one attached hydrogen (secondary N) is 2. The van der Waals surface area contributed by atoms with Crippen molar-refractivity contribution in [2.45, 2.75) is 37.9 Å². The molecule has 2 N–H and O–H groups in total. The van der Waals surface area contributed by atoms with Gasteiger partial charge in [-0.05, 0) is 38.8 Å². The number of hydrogen-bond acceptors (Lipinski definition) is 5. The number of carbonyl (C=O) groups is 1. The predicted octanol–water partition coefficient (Wildman–Crippen LogP) is 3.49. The highest BCUT2D eigenvalue weighted by Gasteiger charge is 2.31. The van der Waals surface area contributed by atoms with Crippen LogP contribution in [0.5, 0.6) is 0 Å². The van der Waals surface area contributed by atoms with Gasteiger partial charge in [0.2, 0.25) is 5.91 Å². The topological polar surface area (TPSA) is 88.5 Å². The first-order valence-corrected chi connectivity index (χ1v) is 9.67. The van der Waals surface area contributed by atoms with Gasteiger partial charge in [-0.15, -0.1) is 10.2 Å². The number of anilines is 1. The molecular formula is C18H19FN6OS. The van der Waals surface area contributed by atoms with E-state index < -0.39 is 0 Å². The standard InChI is InChI=1S/C18H19FN6OS/c1-10-16(11(2)22-21-10)20-15(26)9-27-18-24-23-17(25(18)12-7-8-12)13-5-3-4-6-14(13)19/h3-6,12H,7-9H2,1-2H3,(H,20,26)(H,21,22). The van der Waals surface area contributed by atoms with Crippen LogP contribution in [-0.4, -0.2) is 36.6 Å². The van der Waals surface area contributed by atoms with Crippen LogP contribution in [0.3, 0.4) is 0 Å². The highest BCUT2D eigenvalue weighted by atomic mass is 32.2. The summed E-state index contributed by atoms with van der Waals surface area (Å²) >= 11 is 1.30. The van der Waals surface area contributed by atoms with Gasteiger partial charge in [-0.3, -0.25) is 14.5 Å². The van der Waals surface area contributed by atoms with Crippen molar-refractivity contribution in [1.29, 1.82) is 0 Å². The quantitative estimate of drug-likeness (QED) is 0.633. The lowest BCUT2D eigenvalue weighted by Crippen LogP contribution is -2.15. The average Bonchev–Trinajstić information content (AvgIpc) is 3.34. The van der Waals surface area contributed by atoms with Crippen LogP contribution in [0.2, 0.25) is 0 Å². The second kappa shape index (κ2) is 7.15. The van der Waals surface area contributed by atoms with E-state index in [1.165, 1.54) is 17.8 Å². The summed E-state index contributed by atoms with van der Waals surface area (Å²) in [5, 5.41) is 18.8. The van der Waals surface area contributed by atoms with Crippen molar-refractivity contribution in [3.8, 4) is 11.4 Å². The smallest absolute Gasteiger partial charge is 0.234 e. The van der Waals surface area contributed by atoms with E-state index >= 15 is 0 Å². The predicted molar refractivity (Wildman–Crippen MR) is 101 cm³/mol. The van der Waals surface area contributed by atoms with Gasteiger partial charge >= 0.3 is 0 Å². The summed E-state index contributed by atoms with van der Waals surface area (Å²) in [6, 6.07) is 6.80. The lowest BCUT2D eigenvalue weighted by Gasteiger charge is -2.09. The number of aromatic amines is 1. The molecule has 4 rings (SSSR count). The maximum absolute atomic E-state index is 14.2. The number of amides is 1. The molecule has 0 atom stereocenters. The molecule has 7 nitrogen and oxygen atoms in total. The molecule has 0 radical (unpaired) electrons. The summed E-state index contributed by atoms with van der Waals surface area (Å²) < 4.78 is 16.1. The molecule has 0 aliphatic heterocycles. The molecule has 2 aromatic heterocycles. The molecule has 0 bridgehead atoms. The first-order chi connectivity index (χ1) is 13.0. The Labute approximate surface area is 159 Å². The van der Waals surface area contributed by atoms with Crippen LogP contribution in [-0.2, 0) is 4.79 Å². The molecule has 1 saturated carbocycles. The minimum atomic E-state index is -0.327. The Balaban J connectivity index is 1.51. The summed E-state index contributed by atoms with van der Waals surface area (Å²) in [5.41, 5.74) is 2.69. The van der Waals surface area contributed by atoms with E-state index in [1.807, 2.05) is 18.4 Å². The summed E-state index contributed by atoms with van der Waals surface area (Å²) in [7, 11) is 0. The first kappa shape index (κ1) is 17.7. The molecule has 2 heterocycles. The van der Waals surface area contributed by atoms with E-state index in [0.717, 1.165) is 24.2 Å². The zero-order valence-corrected chi connectivity index (χ0v) is 15.8. The molecule has 27 heavy (non-hydrogen) atoms. The summed E-state index contributed by atoms with van der Waals surface area (Å²) in [5.74, 6) is 0.226. The Morgan fingerprint density at radius 2 is 2.11 bits per heavy atom. The Bertz CT molecular complexity index is 974. The van der Waals surface area contributed by atoms with E-state index in [-0.39, 0.29) is 23.5 Å². The number of H-pyrrole nitrogens is 1. The molecule has 140 valence electrons. The number of thioether (sulfide) groups is 1. The lowest BCUT2D eigenvalue weighted by atomic mass is 10.2. The Kier molecular flexibility index (Phi) is 4.69. The molecule has 0 saturated heterocycles. The van der Waals surface area contributed by atoms with Gasteiger partial charge in [-0.2, -0.15) is 5.10 Å². The maximum Gasteiger partial charge on any atom is 0.234 e. The number of hydrogen-bond donors (Lipinski definition) is 2. The van der Waals surface area contributed by atoms with Crippen LogP contribution in [0, 0.1) is 19.7 Å². The normalized spacial score (nSPS) is 13.7. The monoisotopic (exact) mass is 386 g/mol. The van der Waals surface area contributed by atoms with Crippen LogP contribution >= 0.6 is 11.8 Å². The molecule has 3 aromatic rings. The molecule has 1 aromatic carbocycles. The second-order valence-electron chi connectivity index (χ2n) is 6.53. The summed E-state index contributed by atoms with van der Waals surface area (Å²) in [4.78, 5) is 12.3. The highest BCUT2D eigenvalue weighted by Crippen LogP contribution is 2.41. The Hall–Kier alpha value is -2.68. The van der Waals surface area contributed by atoms with Crippen molar-refractivity contribution >= 4 is 23.4 Å². The van der Waals surface area contributed by atoms with E-state index in [2.05, 4.69) is 25.7 Å². The SMILES string of the molecule is Cc1n[nH]c(C)c1NC(=O)CSc1nnc(-c2ccccc2F)n1C1CC1. The molecule has 9 heteroatoms. The average molecular weight is 386 g/mol. The van der Waals surface area contributed by atoms with Crippen molar-refractivity contribution in [3.63, 3.8) is 0 Å². The third-order valence-electron chi connectivity index (χ3n) is 4.42. The fourth-order valence-electron chi connectivity index (χ4n) is 2.90. The Morgan fingerprint density at radius 3 is 2.78 bits per heavy atom. The largest absolute Gasteiger partial charge is 0.322 e. The molecule has 0 spiro atoms. The van der Waals surface area contributed by atoms with Gasteiger partial charge in [-0.25, -0.2) is 4.39 Å². The van der Waals surface area contributed by atoms with Crippen LogP contribution in [0.25, 0.3) is 11.4 Å². The van der Waals surface area contributed by atoms with Crippen molar-refractivity contribution in [3.05, 3.63) is 41.5 Å². The van der Waals surface area contributed by atoms with Gasteiger partial charge in [0.15, 0.2) is 11.0 Å². The fourth-order valence-corrected chi connectivity index (χ4v) is 3.71. The maximum atomic E-state index is 14.2. The van der Waals surface area contributed by atoms with Crippen LogP contribution in [0.1, 0.15) is 30.3 Å². The van der Waals surface area contributed by atoms with Crippen LogP contribution in [0.4, 0.5) is 10.1 Å². The van der Waals surface area contributed by atoms with Crippen LogP contribution < -0.4 is 5.32 Å². The number of nitrogens with zero attached hydrogens (tertiary/aromatic N) is 4. The number of halogens is 1. The van der Waals surface area contributed by atoms with E-state index in [1.54, 1.807) is 18.2 Å². The van der Waals surface area contributed by atoms with Crippen molar-refractivity contribution in [1.82, 2.24) is 25.0 Å². The van der Waals surface area contributed by atoms with Gasteiger partial charge in [0, 0.05) is 6.04 Å². The minimum absolute atomic E-state index is 0.148. The Morgan fingerprint density at radius 1 is 1.33 bits per heavy atom. The third-order valence-corrected chi connectivity index (χ3v) is 5.36. The zero-order valence-electron chi connectivity index (χ0n) is 15.0. The van der Waals surface area contributed by atoms with Crippen molar-refractivity contribution in [2.75, 3.05) is 11.1 Å². The molecule has 1 fully saturated rings. The third kappa shape index (κ3) is 3.59. The summed E-state index contributed by atoms with van der Waals surface area (Å²) in [6.07, 6.45) is 2.01.